The number of carbonyl (C=O) groups is 5. The number of allylic oxidation sites excluding steroid dienone is 1. The van der Waals surface area contributed by atoms with Crippen LogP contribution < -0.4 is 20.9 Å². The summed E-state index contributed by atoms with van der Waals surface area (Å²) in [5, 5.41) is 21.7. The Balaban J connectivity index is 0.723. The highest BCUT2D eigenvalue weighted by Crippen LogP contribution is 2.42. The summed E-state index contributed by atoms with van der Waals surface area (Å²) in [6, 6.07) is 5.95. The van der Waals surface area contributed by atoms with Crippen LogP contribution in [0.25, 0.3) is 5.57 Å². The molecule has 5 amide bonds. The van der Waals surface area contributed by atoms with Gasteiger partial charge in [-0.05, 0) is 86.6 Å². The Hall–Kier alpha value is -6.80. The van der Waals surface area contributed by atoms with E-state index in [1.807, 2.05) is 9.47 Å². The lowest BCUT2D eigenvalue weighted by atomic mass is 9.72. The number of likely N-dealkylation sites (tertiary alicyclic amines) is 2. The van der Waals surface area contributed by atoms with Crippen LogP contribution in [0, 0.1) is 17.0 Å². The second-order valence-electron chi connectivity index (χ2n) is 18.8. The Morgan fingerprint density at radius 3 is 2.54 bits per heavy atom. The fraction of sp³-hybridized carbons (Fsp3) is 0.417. The molecule has 0 radical (unpaired) electrons. The van der Waals surface area contributed by atoms with Gasteiger partial charge in [0.2, 0.25) is 17.7 Å². The molecule has 354 valence electrons. The van der Waals surface area contributed by atoms with Gasteiger partial charge in [0.25, 0.3) is 11.8 Å². The Kier molecular flexibility index (Phi) is 11.7. The molecular weight excluding hydrogens is 897 g/mol. The number of nitrogens with zero attached hydrogens (tertiary/aromatic N) is 8. The van der Waals surface area contributed by atoms with Crippen molar-refractivity contribution in [3.63, 3.8) is 0 Å². The highest BCUT2D eigenvalue weighted by molar-refractivity contribution is 7.13. The monoisotopic (exact) mass is 947 g/mol. The number of carbonyl (C=O) groups excluding carboxylic acids is 5. The van der Waals surface area contributed by atoms with E-state index in [0.29, 0.717) is 104 Å². The van der Waals surface area contributed by atoms with Crippen molar-refractivity contribution in [1.29, 1.82) is 0 Å². The second kappa shape index (κ2) is 17.7. The highest BCUT2D eigenvalue weighted by atomic mass is 32.1. The van der Waals surface area contributed by atoms with Crippen LogP contribution >= 0.6 is 11.3 Å². The van der Waals surface area contributed by atoms with Gasteiger partial charge in [0.05, 0.1) is 36.3 Å². The Bertz CT molecular complexity index is 2790. The van der Waals surface area contributed by atoms with E-state index in [4.69, 9.17) is 0 Å². The topological polar surface area (TPSA) is 198 Å². The van der Waals surface area contributed by atoms with Gasteiger partial charge < -0.3 is 34.6 Å². The fourth-order valence-electron chi connectivity index (χ4n) is 10.4. The van der Waals surface area contributed by atoms with Gasteiger partial charge in [0, 0.05) is 97.9 Å². The molecule has 0 saturated carbocycles. The molecule has 2 aromatic heterocycles. The van der Waals surface area contributed by atoms with Gasteiger partial charge in [-0.2, -0.15) is 0 Å². The number of piperidine rings is 2. The standard InChI is InChI=1S/C48H51F2N11O6S/c1-3-38(52-21-28(2)29-17-31-32(33(49)18-29)22-61(45(31)66)42(44(65)56-46-51-12-16-68-46)41-37-5-4-13-58(37)27-53-41)59-23-47(24-59)25-60(26-47)40(63)20-48(67)10-14-57(15-11-48)36-8-6-30(19-34(36)50)54-35-7-9-39(62)55-43(35)64/h3,6,8,12,16-19,21,27,35,42,54,67H,1,4-5,7,9-11,13-15,20,22-26H2,2H3,(H,51,56,65)(H,55,62,64)/b28-21+,52-38?/t35-,42?/m0/s1. The molecule has 6 aliphatic rings. The Morgan fingerprint density at radius 1 is 1.04 bits per heavy atom. The van der Waals surface area contributed by atoms with Gasteiger partial charge in [0.1, 0.15) is 23.5 Å². The number of fused-ring (bicyclic) bond motifs is 2. The van der Waals surface area contributed by atoms with Crippen LogP contribution in [0.4, 0.5) is 25.3 Å². The molecule has 4 N–H and O–H groups in total. The minimum atomic E-state index is -1.21. The van der Waals surface area contributed by atoms with E-state index in [1.54, 1.807) is 60.2 Å². The number of imidazole rings is 1. The summed E-state index contributed by atoms with van der Waals surface area (Å²) in [6.45, 7) is 9.53. The zero-order valence-corrected chi connectivity index (χ0v) is 38.3. The molecule has 8 heterocycles. The SMILES string of the molecule is C=CC(=N/C=C(\C)c1cc(F)c2c(c1)C(=O)N(C(C(=O)Nc1nccs1)c1ncn3c1CCC3)C2)N1CC2(CN(C(=O)CC3(O)CCN(c4ccc(N[C@H]5CCC(=O)NC5=O)cc4F)CC3)C2)C1. The van der Waals surface area contributed by atoms with Crippen LogP contribution in [-0.2, 0) is 38.7 Å². The first kappa shape index (κ1) is 45.0. The van der Waals surface area contributed by atoms with E-state index in [1.165, 1.54) is 28.4 Å². The Labute approximate surface area is 394 Å². The molecular formula is C48H51F2N11O6S. The molecule has 10 rings (SSSR count). The van der Waals surface area contributed by atoms with Crippen molar-refractivity contribution in [3.05, 3.63) is 107 Å². The van der Waals surface area contributed by atoms with E-state index in [0.717, 1.165) is 18.7 Å². The van der Waals surface area contributed by atoms with E-state index < -0.39 is 47.0 Å². The third-order valence-electron chi connectivity index (χ3n) is 14.1. The number of thiazole rings is 1. The zero-order chi connectivity index (χ0) is 47.5. The number of amidine groups is 1. The molecule has 2 aromatic carbocycles. The number of halogens is 2. The fourth-order valence-corrected chi connectivity index (χ4v) is 10.9. The number of benzene rings is 2. The largest absolute Gasteiger partial charge is 0.389 e. The molecule has 17 nitrogen and oxygen atoms in total. The van der Waals surface area contributed by atoms with Gasteiger partial charge >= 0.3 is 0 Å². The minimum Gasteiger partial charge on any atom is -0.389 e. The number of aromatic nitrogens is 3. The number of aliphatic hydroxyl groups is 1. The summed E-state index contributed by atoms with van der Waals surface area (Å²) in [5.41, 5.74) is 2.31. The smallest absolute Gasteiger partial charge is 0.255 e. The number of anilines is 3. The lowest BCUT2D eigenvalue weighted by Crippen LogP contribution is -2.73. The van der Waals surface area contributed by atoms with Crippen molar-refractivity contribution in [3.8, 4) is 0 Å². The van der Waals surface area contributed by atoms with Crippen LogP contribution in [0.5, 0.6) is 0 Å². The molecule has 1 spiro atoms. The quantitative estimate of drug-likeness (QED) is 0.0879. The minimum absolute atomic E-state index is 0.0240. The first-order valence-corrected chi connectivity index (χ1v) is 23.7. The number of imide groups is 1. The predicted octanol–water partition coefficient (Wildman–Crippen LogP) is 4.63. The van der Waals surface area contributed by atoms with E-state index in [2.05, 4.69) is 42.4 Å². The van der Waals surface area contributed by atoms with Gasteiger partial charge in [-0.25, -0.2) is 23.7 Å². The van der Waals surface area contributed by atoms with Crippen molar-refractivity contribution in [1.82, 2.24) is 34.6 Å². The maximum absolute atomic E-state index is 15.9. The molecule has 0 aliphatic carbocycles. The number of hydrogen-bond donors (Lipinski definition) is 4. The zero-order valence-electron chi connectivity index (χ0n) is 37.5. The summed E-state index contributed by atoms with van der Waals surface area (Å²) >= 11 is 1.26. The molecule has 4 fully saturated rings. The van der Waals surface area contributed by atoms with Crippen LogP contribution in [0.3, 0.4) is 0 Å². The van der Waals surface area contributed by atoms with Crippen LogP contribution in [0.15, 0.2) is 72.1 Å². The summed E-state index contributed by atoms with van der Waals surface area (Å²) in [4.78, 5) is 85.5. The lowest BCUT2D eigenvalue weighted by Gasteiger charge is -2.61. The maximum Gasteiger partial charge on any atom is 0.255 e. The molecule has 4 aromatic rings. The van der Waals surface area contributed by atoms with Crippen LogP contribution in [0.2, 0.25) is 0 Å². The number of aryl methyl sites for hydroxylation is 1. The van der Waals surface area contributed by atoms with Crippen molar-refractivity contribution < 1.29 is 37.9 Å². The highest BCUT2D eigenvalue weighted by Gasteiger charge is 2.54. The third-order valence-corrected chi connectivity index (χ3v) is 14.8. The number of nitrogens with one attached hydrogen (secondary N) is 3. The molecule has 68 heavy (non-hydrogen) atoms. The second-order valence-corrected chi connectivity index (χ2v) is 19.7. The number of aliphatic imine (C=N–C) groups is 1. The normalized spacial score (nSPS) is 21.2. The van der Waals surface area contributed by atoms with Crippen molar-refractivity contribution in [2.24, 2.45) is 10.4 Å². The summed E-state index contributed by atoms with van der Waals surface area (Å²) in [7, 11) is 0. The molecule has 4 saturated heterocycles. The lowest BCUT2D eigenvalue weighted by molar-refractivity contribution is -0.158. The van der Waals surface area contributed by atoms with Gasteiger partial charge in [-0.3, -0.25) is 34.6 Å². The molecule has 0 bridgehead atoms. The van der Waals surface area contributed by atoms with Gasteiger partial charge in [-0.15, -0.1) is 11.3 Å². The average Bonchev–Trinajstić information content (AvgIpc) is 4.10. The van der Waals surface area contributed by atoms with Crippen LogP contribution in [-0.4, -0.2) is 121 Å². The first-order valence-electron chi connectivity index (χ1n) is 22.8. The van der Waals surface area contributed by atoms with Gasteiger partial charge in [-0.1, -0.05) is 6.58 Å². The molecule has 1 unspecified atom stereocenters. The third kappa shape index (κ3) is 8.54. The van der Waals surface area contributed by atoms with E-state index in [-0.39, 0.29) is 47.7 Å². The molecule has 2 atom stereocenters. The average molecular weight is 948 g/mol. The summed E-state index contributed by atoms with van der Waals surface area (Å²) in [6.07, 6.45) is 9.23. The molecule has 6 aliphatic heterocycles. The van der Waals surface area contributed by atoms with Crippen LogP contribution in [0.1, 0.15) is 84.4 Å². The van der Waals surface area contributed by atoms with E-state index >= 15 is 8.78 Å². The number of rotatable bonds is 12. The first-order chi connectivity index (χ1) is 32.7. The summed E-state index contributed by atoms with van der Waals surface area (Å²) < 4.78 is 33.2. The predicted molar refractivity (Wildman–Crippen MR) is 249 cm³/mol. The summed E-state index contributed by atoms with van der Waals surface area (Å²) in [5.74, 6) is -2.26. The molecule has 20 heteroatoms. The van der Waals surface area contributed by atoms with Crippen molar-refractivity contribution >= 4 is 68.8 Å². The van der Waals surface area contributed by atoms with Gasteiger partial charge in [0.15, 0.2) is 11.2 Å². The van der Waals surface area contributed by atoms with Crippen molar-refractivity contribution in [2.75, 3.05) is 54.8 Å². The maximum atomic E-state index is 15.9. The Morgan fingerprint density at radius 2 is 1.82 bits per heavy atom. The number of hydrogen-bond acceptors (Lipinski definition) is 12. The van der Waals surface area contributed by atoms with Crippen molar-refractivity contribution in [2.45, 2.75) is 82.6 Å². The van der Waals surface area contributed by atoms with E-state index in [9.17, 15) is 29.1 Å². The number of amides is 5.